The van der Waals surface area contributed by atoms with Crippen LogP contribution < -0.4 is 11.5 Å². The predicted molar refractivity (Wildman–Crippen MR) is 67.6 cm³/mol. The molecule has 5 nitrogen and oxygen atoms in total. The van der Waals surface area contributed by atoms with Gasteiger partial charge >= 0.3 is 0 Å². The number of ether oxygens (including phenoxy) is 1. The number of halogens is 1. The number of carbonyl (C=O) groups is 1. The molecule has 1 aliphatic rings. The maximum atomic E-state index is 11.6. The standard InChI is InChI=1S/C9H18N2O2.CH5N.ClH/c1-7(2)9(12)11-3-4-13-8(5-10)6-11;1-2;/h7-8H,3-6,10H2,1-2H3;2H2,1H3;1H. The number of hydrogen-bond donors (Lipinski definition) is 2. The van der Waals surface area contributed by atoms with Crippen LogP contribution in [0.5, 0.6) is 0 Å². The van der Waals surface area contributed by atoms with Gasteiger partial charge in [-0.05, 0) is 7.05 Å². The summed E-state index contributed by atoms with van der Waals surface area (Å²) in [7, 11) is 1.50. The van der Waals surface area contributed by atoms with Crippen molar-refractivity contribution in [3.63, 3.8) is 0 Å². The summed E-state index contributed by atoms with van der Waals surface area (Å²) in [6.45, 7) is 6.27. The molecule has 0 aromatic rings. The molecule has 0 spiro atoms. The Morgan fingerprint density at radius 1 is 1.50 bits per heavy atom. The summed E-state index contributed by atoms with van der Waals surface area (Å²) < 4.78 is 5.37. The first-order valence-corrected chi connectivity index (χ1v) is 5.33. The van der Waals surface area contributed by atoms with E-state index >= 15 is 0 Å². The van der Waals surface area contributed by atoms with E-state index in [1.807, 2.05) is 18.7 Å². The fourth-order valence-electron chi connectivity index (χ4n) is 1.43. The monoisotopic (exact) mass is 253 g/mol. The van der Waals surface area contributed by atoms with E-state index in [2.05, 4.69) is 5.73 Å². The first-order valence-electron chi connectivity index (χ1n) is 5.33. The summed E-state index contributed by atoms with van der Waals surface area (Å²) in [4.78, 5) is 13.4. The molecule has 0 aromatic heterocycles. The van der Waals surface area contributed by atoms with Gasteiger partial charge in [-0.15, -0.1) is 12.4 Å². The lowest BCUT2D eigenvalue weighted by Gasteiger charge is -2.33. The molecule has 1 saturated heterocycles. The van der Waals surface area contributed by atoms with Crippen LogP contribution in [0.1, 0.15) is 13.8 Å². The molecule has 1 unspecified atom stereocenters. The molecule has 4 N–H and O–H groups in total. The van der Waals surface area contributed by atoms with Gasteiger partial charge in [0.1, 0.15) is 0 Å². The van der Waals surface area contributed by atoms with Crippen molar-refractivity contribution in [2.75, 3.05) is 33.3 Å². The Hall–Kier alpha value is -0.360. The molecule has 0 bridgehead atoms. The van der Waals surface area contributed by atoms with Crippen LogP contribution in [0.25, 0.3) is 0 Å². The van der Waals surface area contributed by atoms with Crippen molar-refractivity contribution >= 4 is 18.3 Å². The van der Waals surface area contributed by atoms with Gasteiger partial charge in [-0.1, -0.05) is 13.8 Å². The van der Waals surface area contributed by atoms with E-state index < -0.39 is 0 Å². The van der Waals surface area contributed by atoms with Crippen LogP contribution in [0.2, 0.25) is 0 Å². The number of carbonyl (C=O) groups excluding carboxylic acids is 1. The lowest BCUT2D eigenvalue weighted by Crippen LogP contribution is -2.49. The Balaban J connectivity index is 0. The van der Waals surface area contributed by atoms with Crippen LogP contribution in [-0.2, 0) is 9.53 Å². The number of morpholine rings is 1. The van der Waals surface area contributed by atoms with Gasteiger partial charge in [-0.3, -0.25) is 4.79 Å². The van der Waals surface area contributed by atoms with Gasteiger partial charge in [0.25, 0.3) is 0 Å². The Morgan fingerprint density at radius 2 is 2.06 bits per heavy atom. The molecule has 0 radical (unpaired) electrons. The van der Waals surface area contributed by atoms with E-state index in [-0.39, 0.29) is 30.3 Å². The van der Waals surface area contributed by atoms with Crippen molar-refractivity contribution in [1.82, 2.24) is 4.90 Å². The Kier molecular flexibility index (Phi) is 11.1. The summed E-state index contributed by atoms with van der Waals surface area (Å²) in [5.41, 5.74) is 9.98. The minimum Gasteiger partial charge on any atom is -0.373 e. The van der Waals surface area contributed by atoms with E-state index in [1.165, 1.54) is 7.05 Å². The fraction of sp³-hybridized carbons (Fsp3) is 0.900. The third kappa shape index (κ3) is 5.65. The Bertz CT molecular complexity index is 191. The molecule has 1 atom stereocenters. The van der Waals surface area contributed by atoms with Crippen LogP contribution in [-0.4, -0.2) is 50.2 Å². The molecule has 1 heterocycles. The highest BCUT2D eigenvalue weighted by Gasteiger charge is 2.24. The van der Waals surface area contributed by atoms with Gasteiger partial charge in [0.15, 0.2) is 0 Å². The molecule has 0 aromatic carbocycles. The van der Waals surface area contributed by atoms with Crippen molar-refractivity contribution in [1.29, 1.82) is 0 Å². The average Bonchev–Trinajstić information content (AvgIpc) is 2.30. The maximum absolute atomic E-state index is 11.6. The van der Waals surface area contributed by atoms with E-state index in [1.54, 1.807) is 0 Å². The van der Waals surface area contributed by atoms with Gasteiger partial charge < -0.3 is 21.1 Å². The smallest absolute Gasteiger partial charge is 0.225 e. The molecule has 1 aliphatic heterocycles. The first kappa shape index (κ1) is 18.0. The summed E-state index contributed by atoms with van der Waals surface area (Å²) in [5, 5.41) is 0. The SMILES string of the molecule is CC(C)C(=O)N1CCOC(CN)C1.CN.Cl. The molecular weight excluding hydrogens is 230 g/mol. The average molecular weight is 254 g/mol. The highest BCUT2D eigenvalue weighted by atomic mass is 35.5. The Labute approximate surface area is 104 Å². The minimum atomic E-state index is 0. The normalized spacial score (nSPS) is 19.6. The van der Waals surface area contributed by atoms with Crippen molar-refractivity contribution < 1.29 is 9.53 Å². The van der Waals surface area contributed by atoms with Crippen molar-refractivity contribution in [3.05, 3.63) is 0 Å². The number of nitrogens with two attached hydrogens (primary N) is 2. The molecule has 1 rings (SSSR count). The van der Waals surface area contributed by atoms with Gasteiger partial charge in [0.05, 0.1) is 12.7 Å². The summed E-state index contributed by atoms with van der Waals surface area (Å²) in [6, 6.07) is 0. The zero-order chi connectivity index (χ0) is 11.8. The van der Waals surface area contributed by atoms with Crippen LogP contribution in [0, 0.1) is 5.92 Å². The van der Waals surface area contributed by atoms with E-state index in [0.29, 0.717) is 26.2 Å². The molecule has 0 saturated carbocycles. The molecule has 1 fully saturated rings. The van der Waals surface area contributed by atoms with Gasteiger partial charge in [0.2, 0.25) is 5.91 Å². The molecule has 6 heteroatoms. The third-order valence-corrected chi connectivity index (χ3v) is 2.21. The lowest BCUT2D eigenvalue weighted by atomic mass is 10.1. The molecule has 0 aliphatic carbocycles. The number of nitrogens with zero attached hydrogens (tertiary/aromatic N) is 1. The van der Waals surface area contributed by atoms with Crippen molar-refractivity contribution in [2.24, 2.45) is 17.4 Å². The largest absolute Gasteiger partial charge is 0.373 e. The highest BCUT2D eigenvalue weighted by molar-refractivity contribution is 5.85. The van der Waals surface area contributed by atoms with E-state index in [9.17, 15) is 4.79 Å². The quantitative estimate of drug-likeness (QED) is 0.716. The third-order valence-electron chi connectivity index (χ3n) is 2.21. The summed E-state index contributed by atoms with van der Waals surface area (Å²) in [6.07, 6.45) is 0.0245. The van der Waals surface area contributed by atoms with Crippen molar-refractivity contribution in [2.45, 2.75) is 20.0 Å². The van der Waals surface area contributed by atoms with E-state index in [4.69, 9.17) is 10.5 Å². The minimum absolute atomic E-state index is 0. The number of amides is 1. The second-order valence-corrected chi connectivity index (χ2v) is 3.67. The van der Waals surface area contributed by atoms with E-state index in [0.717, 1.165) is 0 Å². The summed E-state index contributed by atoms with van der Waals surface area (Å²) in [5.74, 6) is 0.262. The lowest BCUT2D eigenvalue weighted by molar-refractivity contribution is -0.141. The zero-order valence-corrected chi connectivity index (χ0v) is 11.1. The molecule has 16 heavy (non-hydrogen) atoms. The first-order chi connectivity index (χ1) is 7.15. The number of hydrogen-bond acceptors (Lipinski definition) is 4. The van der Waals surface area contributed by atoms with Crippen LogP contribution in [0.15, 0.2) is 0 Å². The number of rotatable bonds is 2. The zero-order valence-electron chi connectivity index (χ0n) is 10.3. The highest BCUT2D eigenvalue weighted by Crippen LogP contribution is 2.08. The van der Waals surface area contributed by atoms with Crippen LogP contribution >= 0.6 is 12.4 Å². The van der Waals surface area contributed by atoms with Gasteiger partial charge in [-0.2, -0.15) is 0 Å². The van der Waals surface area contributed by atoms with Crippen LogP contribution in [0.3, 0.4) is 0 Å². The van der Waals surface area contributed by atoms with Crippen LogP contribution in [0.4, 0.5) is 0 Å². The second kappa shape index (κ2) is 9.84. The molecule has 98 valence electrons. The fourth-order valence-corrected chi connectivity index (χ4v) is 1.43. The predicted octanol–water partition coefficient (Wildman–Crippen LogP) is -0.175. The van der Waals surface area contributed by atoms with Gasteiger partial charge in [0, 0.05) is 25.6 Å². The maximum Gasteiger partial charge on any atom is 0.225 e. The molecular formula is C10H24ClN3O2. The summed E-state index contributed by atoms with van der Waals surface area (Å²) >= 11 is 0. The molecule has 1 amide bonds. The van der Waals surface area contributed by atoms with Crippen molar-refractivity contribution in [3.8, 4) is 0 Å². The Morgan fingerprint density at radius 3 is 2.50 bits per heavy atom. The second-order valence-electron chi connectivity index (χ2n) is 3.67. The topological polar surface area (TPSA) is 81.6 Å². The van der Waals surface area contributed by atoms with Gasteiger partial charge in [-0.25, -0.2) is 0 Å².